The van der Waals surface area contributed by atoms with Crippen LogP contribution in [0, 0.1) is 0 Å². The summed E-state index contributed by atoms with van der Waals surface area (Å²) in [5, 5.41) is 3.34. The van der Waals surface area contributed by atoms with Crippen molar-refractivity contribution in [2.75, 3.05) is 18.0 Å². The predicted octanol–water partition coefficient (Wildman–Crippen LogP) is 8.83. The lowest BCUT2D eigenvalue weighted by Crippen LogP contribution is -2.28. The van der Waals surface area contributed by atoms with E-state index in [-0.39, 0.29) is 15.6 Å². The molecule has 0 radical (unpaired) electrons. The average molecular weight is 756 g/mol. The third kappa shape index (κ3) is 7.15. The molecule has 0 atom stereocenters. The number of rotatable bonds is 12. The summed E-state index contributed by atoms with van der Waals surface area (Å²) in [6, 6.07) is 17.3. The van der Waals surface area contributed by atoms with Crippen LogP contribution in [0.3, 0.4) is 0 Å². The number of ketones is 1. The Morgan fingerprint density at radius 3 is 1.94 bits per heavy atom. The standard InChI is InChI=1S/C42H46N2O7S2/c1-7-43-35-23-17-29-26-31(52(46,47)48)19-21-33(29)39(35)41(3,4)37(43)15-11-8-12-16-38-42(5,6)40-34-22-20-32(53(49,50)51)27-30(34)18-24-36(40)44(38)25-13-9-10-14-28(2)45/h8,11-12,15-24,26-27H,7,9-10,13-14,25H2,1-6H3,(H-,46,47,48,49,50,51)/p+1. The molecule has 0 spiro atoms. The average Bonchev–Trinajstić information content (AvgIpc) is 3.44. The largest absolute Gasteiger partial charge is 0.344 e. The summed E-state index contributed by atoms with van der Waals surface area (Å²) >= 11 is 0. The summed E-state index contributed by atoms with van der Waals surface area (Å²) in [5.74, 6) is 0.194. The second-order valence-electron chi connectivity index (χ2n) is 15.0. The van der Waals surface area contributed by atoms with Crippen molar-refractivity contribution in [3.63, 3.8) is 0 Å². The Hall–Kier alpha value is -4.42. The molecule has 2 heterocycles. The third-order valence-corrected chi connectivity index (χ3v) is 12.4. The molecule has 4 aromatic rings. The van der Waals surface area contributed by atoms with Crippen LogP contribution in [-0.2, 0) is 35.9 Å². The minimum atomic E-state index is -4.34. The highest BCUT2D eigenvalue weighted by Gasteiger charge is 2.45. The van der Waals surface area contributed by atoms with Gasteiger partial charge in [-0.2, -0.15) is 21.4 Å². The van der Waals surface area contributed by atoms with Crippen LogP contribution in [0.1, 0.15) is 78.4 Å². The fourth-order valence-electron chi connectivity index (χ4n) is 8.22. The number of carbonyl (C=O) groups excluding carboxylic acids is 1. The molecule has 0 saturated heterocycles. The molecule has 4 aromatic carbocycles. The number of fused-ring (bicyclic) bond motifs is 6. The molecule has 11 heteroatoms. The lowest BCUT2D eigenvalue weighted by Gasteiger charge is -2.26. The molecule has 0 amide bonds. The molecule has 6 rings (SSSR count). The van der Waals surface area contributed by atoms with Gasteiger partial charge in [0.25, 0.3) is 20.2 Å². The van der Waals surface area contributed by atoms with E-state index in [1.165, 1.54) is 24.3 Å². The Morgan fingerprint density at radius 1 is 0.755 bits per heavy atom. The lowest BCUT2D eigenvalue weighted by molar-refractivity contribution is -0.438. The fraction of sp³-hybridized carbons (Fsp3) is 0.333. The fourth-order valence-corrected chi connectivity index (χ4v) is 9.26. The van der Waals surface area contributed by atoms with E-state index < -0.39 is 31.1 Å². The first-order valence-electron chi connectivity index (χ1n) is 17.9. The van der Waals surface area contributed by atoms with Crippen molar-refractivity contribution in [2.45, 2.75) is 87.8 Å². The van der Waals surface area contributed by atoms with Gasteiger partial charge in [-0.3, -0.25) is 9.11 Å². The molecule has 0 fully saturated rings. The Kier molecular flexibility index (Phi) is 10.2. The minimum Gasteiger partial charge on any atom is -0.344 e. The Labute approximate surface area is 312 Å². The summed E-state index contributed by atoms with van der Waals surface area (Å²) < 4.78 is 69.1. The maximum absolute atomic E-state index is 11.9. The van der Waals surface area contributed by atoms with Gasteiger partial charge in [0, 0.05) is 53.9 Å². The van der Waals surface area contributed by atoms with E-state index in [0.29, 0.717) is 6.42 Å². The number of nitrogens with zero attached hydrogens (tertiary/aromatic N) is 2. The SMILES string of the molecule is CCN1C(=CC=CC=CC2=[N+](CCCCCC(C)=O)c3ccc4cc(S(=O)(=O)O)ccc4c3C2(C)C)C(C)(C)c2c1ccc1cc(S(=O)(=O)O)ccc21. The minimum absolute atomic E-state index is 0.129. The first kappa shape index (κ1) is 38.3. The van der Waals surface area contributed by atoms with E-state index in [2.05, 4.69) is 56.2 Å². The zero-order chi connectivity index (χ0) is 38.5. The van der Waals surface area contributed by atoms with Crippen LogP contribution in [0.4, 0.5) is 11.4 Å². The first-order valence-corrected chi connectivity index (χ1v) is 20.8. The second-order valence-corrected chi connectivity index (χ2v) is 17.8. The van der Waals surface area contributed by atoms with Crippen molar-refractivity contribution in [2.24, 2.45) is 0 Å². The van der Waals surface area contributed by atoms with E-state index in [9.17, 15) is 30.7 Å². The van der Waals surface area contributed by atoms with Gasteiger partial charge in [-0.25, -0.2) is 0 Å². The van der Waals surface area contributed by atoms with Gasteiger partial charge in [0.05, 0.1) is 15.2 Å². The maximum atomic E-state index is 11.9. The van der Waals surface area contributed by atoms with Gasteiger partial charge in [0.15, 0.2) is 5.71 Å². The highest BCUT2D eigenvalue weighted by molar-refractivity contribution is 7.86. The van der Waals surface area contributed by atoms with Crippen molar-refractivity contribution in [1.82, 2.24) is 0 Å². The highest BCUT2D eigenvalue weighted by Crippen LogP contribution is 2.51. The van der Waals surface area contributed by atoms with Gasteiger partial charge in [0.1, 0.15) is 12.3 Å². The molecule has 0 unspecified atom stereocenters. The maximum Gasteiger partial charge on any atom is 0.294 e. The number of unbranched alkanes of at least 4 members (excludes halogenated alkanes) is 2. The van der Waals surface area contributed by atoms with E-state index in [1.807, 2.05) is 42.5 Å². The smallest absolute Gasteiger partial charge is 0.294 e. The number of benzene rings is 4. The Bertz CT molecular complexity index is 2510. The molecule has 0 aromatic heterocycles. The number of hydrogen-bond donors (Lipinski definition) is 2. The summed E-state index contributed by atoms with van der Waals surface area (Å²) in [4.78, 5) is 13.5. The van der Waals surface area contributed by atoms with Crippen molar-refractivity contribution in [3.8, 4) is 0 Å². The van der Waals surface area contributed by atoms with Gasteiger partial charge in [-0.1, -0.05) is 50.3 Å². The molecule has 53 heavy (non-hydrogen) atoms. The zero-order valence-electron chi connectivity index (χ0n) is 31.0. The second kappa shape index (κ2) is 14.1. The number of likely N-dealkylation sites (N-methyl/N-ethyl adjacent to an activating group) is 1. The predicted molar refractivity (Wildman–Crippen MR) is 212 cm³/mol. The van der Waals surface area contributed by atoms with Gasteiger partial charge >= 0.3 is 0 Å². The van der Waals surface area contributed by atoms with Crippen molar-refractivity contribution in [3.05, 3.63) is 108 Å². The molecule has 0 aliphatic carbocycles. The number of Topliss-reactive ketones (excluding diaryl/α,β-unsaturated/α-hetero) is 1. The summed E-state index contributed by atoms with van der Waals surface area (Å²) in [7, 11) is -8.67. The molecule has 2 aliphatic rings. The topological polar surface area (TPSA) is 132 Å². The van der Waals surface area contributed by atoms with Crippen LogP contribution >= 0.6 is 0 Å². The van der Waals surface area contributed by atoms with Crippen LogP contribution < -0.4 is 4.90 Å². The van der Waals surface area contributed by atoms with E-state index in [4.69, 9.17) is 0 Å². The molecule has 0 saturated carbocycles. The van der Waals surface area contributed by atoms with Crippen LogP contribution in [-0.4, -0.2) is 55.1 Å². The van der Waals surface area contributed by atoms with Crippen LogP contribution in [0.15, 0.2) is 107 Å². The van der Waals surface area contributed by atoms with Crippen molar-refractivity contribution < 1.29 is 35.3 Å². The Morgan fingerprint density at radius 2 is 1.36 bits per heavy atom. The number of anilines is 1. The Balaban J connectivity index is 1.34. The van der Waals surface area contributed by atoms with Gasteiger partial charge in [-0.15, -0.1) is 0 Å². The van der Waals surface area contributed by atoms with E-state index >= 15 is 0 Å². The number of hydrogen-bond acceptors (Lipinski definition) is 6. The summed E-state index contributed by atoms with van der Waals surface area (Å²) in [6.45, 7) is 13.9. The van der Waals surface area contributed by atoms with E-state index in [1.54, 1.807) is 19.1 Å². The molecule has 2 N–H and O–H groups in total. The number of carbonyl (C=O) groups is 1. The zero-order valence-corrected chi connectivity index (χ0v) is 32.7. The summed E-state index contributed by atoms with van der Waals surface area (Å²) in [5.41, 5.74) is 5.70. The van der Waals surface area contributed by atoms with Crippen LogP contribution in [0.2, 0.25) is 0 Å². The van der Waals surface area contributed by atoms with Gasteiger partial charge in [-0.05, 0) is 110 Å². The number of allylic oxidation sites excluding steroid dienone is 6. The van der Waals surface area contributed by atoms with Crippen LogP contribution in [0.25, 0.3) is 21.5 Å². The highest BCUT2D eigenvalue weighted by atomic mass is 32.2. The molecule has 0 bridgehead atoms. The summed E-state index contributed by atoms with van der Waals surface area (Å²) in [6.07, 6.45) is 13.6. The van der Waals surface area contributed by atoms with Crippen molar-refractivity contribution >= 4 is 64.7 Å². The molecule has 2 aliphatic heterocycles. The van der Waals surface area contributed by atoms with Gasteiger partial charge < -0.3 is 9.69 Å². The lowest BCUT2D eigenvalue weighted by atomic mass is 9.79. The van der Waals surface area contributed by atoms with Crippen LogP contribution in [0.5, 0.6) is 0 Å². The van der Waals surface area contributed by atoms with Crippen molar-refractivity contribution in [1.29, 1.82) is 0 Å². The monoisotopic (exact) mass is 755 g/mol. The van der Waals surface area contributed by atoms with E-state index in [0.717, 1.165) is 87.8 Å². The quantitative estimate of drug-likeness (QED) is 0.0635. The molecular weight excluding hydrogens is 709 g/mol. The molecule has 278 valence electrons. The third-order valence-electron chi connectivity index (χ3n) is 10.7. The normalized spacial score (nSPS) is 17.6. The molecular formula is C42H47N2O7S2+. The first-order chi connectivity index (χ1) is 24.9. The van der Waals surface area contributed by atoms with Gasteiger partial charge in [0.2, 0.25) is 5.69 Å². The molecule has 9 nitrogen and oxygen atoms in total.